The molecule has 0 spiro atoms. The Bertz CT molecular complexity index is 344. The Hall–Kier alpha value is -0.900. The van der Waals surface area contributed by atoms with E-state index in [1.807, 2.05) is 0 Å². The minimum Gasteiger partial charge on any atom is -0.309 e. The summed E-state index contributed by atoms with van der Waals surface area (Å²) in [5.41, 5.74) is 2.56. The van der Waals surface area contributed by atoms with Crippen molar-refractivity contribution in [3.63, 3.8) is 0 Å². The molecular weight excluding hydrogens is 176 g/mol. The number of rotatable bonds is 1. The van der Waals surface area contributed by atoms with Crippen molar-refractivity contribution < 1.29 is 0 Å². The lowest BCUT2D eigenvalue weighted by atomic mass is 10.1. The summed E-state index contributed by atoms with van der Waals surface area (Å²) in [6.07, 6.45) is 4.74. The molecule has 0 unspecified atom stereocenters. The second kappa shape index (κ2) is 3.05. The van der Waals surface area contributed by atoms with E-state index in [-0.39, 0.29) is 0 Å². The predicted molar refractivity (Wildman–Crippen MR) is 53.0 cm³/mol. The first-order chi connectivity index (χ1) is 6.86. The molecule has 76 valence electrons. The van der Waals surface area contributed by atoms with Gasteiger partial charge in [0.1, 0.15) is 0 Å². The zero-order valence-corrected chi connectivity index (χ0v) is 8.53. The van der Waals surface area contributed by atoms with Gasteiger partial charge in [-0.3, -0.25) is 0 Å². The van der Waals surface area contributed by atoms with Gasteiger partial charge in [-0.2, -0.15) is 0 Å². The lowest BCUT2D eigenvalue weighted by Gasteiger charge is -2.09. The average molecular weight is 192 g/mol. The van der Waals surface area contributed by atoms with Crippen LogP contribution in [0.3, 0.4) is 0 Å². The first-order valence-corrected chi connectivity index (χ1v) is 5.54. The second-order valence-electron chi connectivity index (χ2n) is 4.36. The van der Waals surface area contributed by atoms with E-state index in [2.05, 4.69) is 27.2 Å². The molecule has 0 aliphatic carbocycles. The van der Waals surface area contributed by atoms with Crippen molar-refractivity contribution in [2.45, 2.75) is 51.2 Å². The van der Waals surface area contributed by atoms with E-state index in [4.69, 9.17) is 0 Å². The fourth-order valence-corrected chi connectivity index (χ4v) is 2.66. The van der Waals surface area contributed by atoms with Crippen molar-refractivity contribution in [2.24, 2.45) is 0 Å². The van der Waals surface area contributed by atoms with Gasteiger partial charge in [0.15, 0.2) is 0 Å². The van der Waals surface area contributed by atoms with E-state index in [0.717, 1.165) is 19.4 Å². The average Bonchev–Trinajstić information content (AvgIpc) is 2.70. The molecule has 0 aromatic carbocycles. The Morgan fingerprint density at radius 2 is 2.29 bits per heavy atom. The molecule has 0 saturated carbocycles. The lowest BCUT2D eigenvalue weighted by Crippen LogP contribution is -2.30. The number of aryl methyl sites for hydroxylation is 1. The first-order valence-electron chi connectivity index (χ1n) is 5.54. The summed E-state index contributed by atoms with van der Waals surface area (Å²) in [5.74, 6) is 0. The van der Waals surface area contributed by atoms with Crippen molar-refractivity contribution >= 4 is 0 Å². The van der Waals surface area contributed by atoms with Crippen LogP contribution < -0.4 is 5.32 Å². The Kier molecular flexibility index (Phi) is 1.83. The van der Waals surface area contributed by atoms with Gasteiger partial charge in [0.2, 0.25) is 0 Å². The van der Waals surface area contributed by atoms with E-state index in [9.17, 15) is 0 Å². The van der Waals surface area contributed by atoms with Crippen molar-refractivity contribution in [1.29, 1.82) is 0 Å². The number of hydrogen-bond acceptors (Lipinski definition) is 3. The Morgan fingerprint density at radius 3 is 3.14 bits per heavy atom. The molecule has 3 rings (SSSR count). The van der Waals surface area contributed by atoms with Gasteiger partial charge in [0.05, 0.1) is 17.9 Å². The Morgan fingerprint density at radius 1 is 1.43 bits per heavy atom. The molecule has 1 saturated heterocycles. The van der Waals surface area contributed by atoms with Gasteiger partial charge in [-0.1, -0.05) is 12.1 Å². The van der Waals surface area contributed by atoms with E-state index >= 15 is 0 Å². The molecule has 1 aromatic rings. The third-order valence-corrected chi connectivity index (χ3v) is 3.42. The number of aromatic nitrogens is 3. The molecule has 1 N–H and O–H groups in total. The number of hydrogen-bond donors (Lipinski definition) is 1. The van der Waals surface area contributed by atoms with Crippen molar-refractivity contribution in [2.75, 3.05) is 0 Å². The van der Waals surface area contributed by atoms with Gasteiger partial charge in [-0.15, -0.1) is 5.10 Å². The zero-order chi connectivity index (χ0) is 9.54. The molecule has 4 heteroatoms. The minimum absolute atomic E-state index is 0.632. The molecular formula is C10H16N4. The molecule has 1 aromatic heterocycles. The van der Waals surface area contributed by atoms with Crippen LogP contribution in [0.25, 0.3) is 0 Å². The van der Waals surface area contributed by atoms with Gasteiger partial charge in [0, 0.05) is 18.5 Å². The van der Waals surface area contributed by atoms with Gasteiger partial charge < -0.3 is 5.32 Å². The van der Waals surface area contributed by atoms with E-state index in [0.29, 0.717) is 12.1 Å². The third-order valence-electron chi connectivity index (χ3n) is 3.42. The van der Waals surface area contributed by atoms with Gasteiger partial charge in [-0.05, 0) is 19.3 Å². The molecule has 2 aliphatic rings. The van der Waals surface area contributed by atoms with Crippen LogP contribution in [0.4, 0.5) is 0 Å². The van der Waals surface area contributed by atoms with E-state index < -0.39 is 0 Å². The Labute approximate surface area is 83.7 Å². The van der Waals surface area contributed by atoms with Crippen LogP contribution in [-0.2, 0) is 19.4 Å². The predicted octanol–water partition coefficient (Wildman–Crippen LogP) is 0.517. The summed E-state index contributed by atoms with van der Waals surface area (Å²) in [6, 6.07) is 1.30. The quantitative estimate of drug-likeness (QED) is 0.705. The molecule has 2 bridgehead atoms. The van der Waals surface area contributed by atoms with Crippen LogP contribution in [0.2, 0.25) is 0 Å². The lowest BCUT2D eigenvalue weighted by molar-refractivity contribution is 0.468. The van der Waals surface area contributed by atoms with Gasteiger partial charge >= 0.3 is 0 Å². The summed E-state index contributed by atoms with van der Waals surface area (Å²) in [4.78, 5) is 0. The fraction of sp³-hybridized carbons (Fsp3) is 0.800. The van der Waals surface area contributed by atoms with Crippen LogP contribution in [-0.4, -0.2) is 27.1 Å². The fourth-order valence-electron chi connectivity index (χ4n) is 2.66. The van der Waals surface area contributed by atoms with E-state index in [1.165, 1.54) is 24.2 Å². The second-order valence-corrected chi connectivity index (χ2v) is 4.36. The largest absolute Gasteiger partial charge is 0.309 e. The SMILES string of the molecule is CCc1nnn2c1C[C@H]1CC[C@@H](C2)N1. The maximum Gasteiger partial charge on any atom is 0.0857 e. The molecule has 14 heavy (non-hydrogen) atoms. The maximum absolute atomic E-state index is 4.24. The number of nitrogens with one attached hydrogen (secondary N) is 1. The summed E-state index contributed by atoms with van der Waals surface area (Å²) in [7, 11) is 0. The molecule has 3 heterocycles. The molecule has 2 atom stereocenters. The van der Waals surface area contributed by atoms with Crippen LogP contribution >= 0.6 is 0 Å². The summed E-state index contributed by atoms with van der Waals surface area (Å²) in [5, 5.41) is 12.1. The van der Waals surface area contributed by atoms with Crippen LogP contribution in [0.5, 0.6) is 0 Å². The van der Waals surface area contributed by atoms with Crippen LogP contribution in [0.1, 0.15) is 31.2 Å². The first kappa shape index (κ1) is 8.41. The third kappa shape index (κ3) is 1.17. The molecule has 0 amide bonds. The smallest absolute Gasteiger partial charge is 0.0857 e. The number of nitrogens with zero attached hydrogens (tertiary/aromatic N) is 3. The Balaban J connectivity index is 1.99. The van der Waals surface area contributed by atoms with Gasteiger partial charge in [0.25, 0.3) is 0 Å². The summed E-state index contributed by atoms with van der Waals surface area (Å²) >= 11 is 0. The highest BCUT2D eigenvalue weighted by molar-refractivity contribution is 5.14. The molecule has 2 aliphatic heterocycles. The molecule has 4 nitrogen and oxygen atoms in total. The van der Waals surface area contributed by atoms with Crippen molar-refractivity contribution in [1.82, 2.24) is 20.3 Å². The van der Waals surface area contributed by atoms with E-state index in [1.54, 1.807) is 0 Å². The highest BCUT2D eigenvalue weighted by Gasteiger charge is 2.30. The monoisotopic (exact) mass is 192 g/mol. The maximum atomic E-state index is 4.24. The number of fused-ring (bicyclic) bond motifs is 3. The standard InChI is InChI=1S/C10H16N4/c1-2-9-10-5-7-3-4-8(11-7)6-14(10)13-12-9/h7-8,11H,2-6H2,1H3/t7-,8+/m1/s1. The zero-order valence-electron chi connectivity index (χ0n) is 8.53. The highest BCUT2D eigenvalue weighted by Crippen LogP contribution is 2.23. The summed E-state index contributed by atoms with van der Waals surface area (Å²) in [6.45, 7) is 3.17. The van der Waals surface area contributed by atoms with Crippen molar-refractivity contribution in [3.8, 4) is 0 Å². The summed E-state index contributed by atoms with van der Waals surface area (Å²) < 4.78 is 2.11. The topological polar surface area (TPSA) is 42.7 Å². The van der Waals surface area contributed by atoms with Gasteiger partial charge in [-0.25, -0.2) is 4.68 Å². The van der Waals surface area contributed by atoms with Crippen LogP contribution in [0, 0.1) is 0 Å². The minimum atomic E-state index is 0.632. The molecule has 0 radical (unpaired) electrons. The molecule has 1 fully saturated rings. The highest BCUT2D eigenvalue weighted by atomic mass is 15.4. The van der Waals surface area contributed by atoms with Crippen molar-refractivity contribution in [3.05, 3.63) is 11.4 Å². The van der Waals surface area contributed by atoms with Crippen LogP contribution in [0.15, 0.2) is 0 Å². The normalized spacial score (nSPS) is 30.1.